The number of rotatable bonds is 3. The van der Waals surface area contributed by atoms with Crippen molar-refractivity contribution in [3.05, 3.63) is 60.2 Å². The van der Waals surface area contributed by atoms with Crippen molar-refractivity contribution in [3.8, 4) is 5.75 Å². The maximum atomic E-state index is 9.74. The second-order valence-corrected chi connectivity index (χ2v) is 8.47. The molecule has 1 aliphatic heterocycles. The van der Waals surface area contributed by atoms with E-state index >= 15 is 0 Å². The number of benzene rings is 2. The van der Waals surface area contributed by atoms with Crippen molar-refractivity contribution in [1.29, 1.82) is 0 Å². The van der Waals surface area contributed by atoms with Gasteiger partial charge in [-0.25, -0.2) is 0 Å². The Morgan fingerprint density at radius 2 is 1.46 bits per heavy atom. The third-order valence-electron chi connectivity index (χ3n) is 7.07. The molecular weight excluding hydrogens is 320 g/mol. The van der Waals surface area contributed by atoms with E-state index in [1.54, 1.807) is 0 Å². The Labute approximate surface area is 156 Å². The van der Waals surface area contributed by atoms with Crippen molar-refractivity contribution >= 4 is 5.69 Å². The Hall–Kier alpha value is -2.00. The van der Waals surface area contributed by atoms with Crippen LogP contribution in [0.3, 0.4) is 0 Å². The predicted molar refractivity (Wildman–Crippen MR) is 105 cm³/mol. The van der Waals surface area contributed by atoms with Gasteiger partial charge in [-0.1, -0.05) is 37.3 Å². The van der Waals surface area contributed by atoms with Crippen LogP contribution in [0.15, 0.2) is 54.6 Å². The number of fused-ring (bicyclic) bond motifs is 1. The molecule has 3 nitrogen and oxygen atoms in total. The van der Waals surface area contributed by atoms with Gasteiger partial charge in [-0.3, -0.25) is 4.90 Å². The molecule has 0 radical (unpaired) electrons. The number of nitrogens with zero attached hydrogens (tertiary/aromatic N) is 2. The highest BCUT2D eigenvalue weighted by molar-refractivity contribution is 5.47. The van der Waals surface area contributed by atoms with E-state index < -0.39 is 0 Å². The molecule has 26 heavy (non-hydrogen) atoms. The summed E-state index contributed by atoms with van der Waals surface area (Å²) < 4.78 is 0. The Morgan fingerprint density at radius 1 is 0.846 bits per heavy atom. The van der Waals surface area contributed by atoms with E-state index in [-0.39, 0.29) is 5.54 Å². The van der Waals surface area contributed by atoms with Gasteiger partial charge in [0.05, 0.1) is 5.54 Å². The first-order valence-corrected chi connectivity index (χ1v) is 10.0. The lowest BCUT2D eigenvalue weighted by molar-refractivity contribution is 0.124. The van der Waals surface area contributed by atoms with Crippen LogP contribution >= 0.6 is 0 Å². The van der Waals surface area contributed by atoms with Gasteiger partial charge in [-0.15, -0.1) is 0 Å². The third kappa shape index (κ3) is 2.37. The summed E-state index contributed by atoms with van der Waals surface area (Å²) in [7, 11) is 0. The standard InChI is InChI=1S/C23H28N2O/c1-17-15-21-22(16-17)23(21,18-7-9-20(26)10-8-18)25-13-11-24(12-14-25)19-5-3-2-4-6-19/h2-10,17,21-22,26H,11-16H2,1H3/t17?,21-,22+,23?. The average molecular weight is 348 g/mol. The number of aromatic hydroxyl groups is 1. The van der Waals surface area contributed by atoms with Crippen LogP contribution in [0.2, 0.25) is 0 Å². The maximum absolute atomic E-state index is 9.74. The lowest BCUT2D eigenvalue weighted by atomic mass is 9.89. The fourth-order valence-electron chi connectivity index (χ4n) is 5.95. The second-order valence-electron chi connectivity index (χ2n) is 8.47. The molecule has 5 rings (SSSR count). The van der Waals surface area contributed by atoms with Crippen LogP contribution in [0.4, 0.5) is 5.69 Å². The first-order chi connectivity index (χ1) is 12.7. The summed E-state index contributed by atoms with van der Waals surface area (Å²) in [5.74, 6) is 2.83. The monoisotopic (exact) mass is 348 g/mol. The van der Waals surface area contributed by atoms with Crippen molar-refractivity contribution < 1.29 is 5.11 Å². The number of phenolic OH excluding ortho intramolecular Hbond substituents is 1. The Balaban J connectivity index is 1.39. The zero-order chi connectivity index (χ0) is 17.7. The lowest BCUT2D eigenvalue weighted by Gasteiger charge is -2.43. The highest BCUT2D eigenvalue weighted by atomic mass is 16.3. The summed E-state index contributed by atoms with van der Waals surface area (Å²) >= 11 is 0. The van der Waals surface area contributed by atoms with Crippen LogP contribution in [0.25, 0.3) is 0 Å². The number of piperazine rings is 1. The minimum atomic E-state index is 0.225. The summed E-state index contributed by atoms with van der Waals surface area (Å²) in [6, 6.07) is 18.9. The van der Waals surface area contributed by atoms with Crippen molar-refractivity contribution in [2.75, 3.05) is 31.1 Å². The first kappa shape index (κ1) is 16.2. The Morgan fingerprint density at radius 3 is 2.08 bits per heavy atom. The molecule has 3 fully saturated rings. The molecule has 1 saturated heterocycles. The summed E-state index contributed by atoms with van der Waals surface area (Å²) in [5.41, 5.74) is 2.99. The van der Waals surface area contributed by atoms with Crippen LogP contribution < -0.4 is 4.90 Å². The number of hydrogen-bond acceptors (Lipinski definition) is 3. The van der Waals surface area contributed by atoms with Gasteiger partial charge >= 0.3 is 0 Å². The number of phenols is 1. The zero-order valence-electron chi connectivity index (χ0n) is 15.5. The molecule has 3 aliphatic rings. The van der Waals surface area contributed by atoms with E-state index in [1.807, 2.05) is 12.1 Å². The van der Waals surface area contributed by atoms with Crippen LogP contribution in [0.5, 0.6) is 5.75 Å². The molecule has 2 saturated carbocycles. The second kappa shape index (κ2) is 6.02. The van der Waals surface area contributed by atoms with Crippen LogP contribution in [0.1, 0.15) is 25.3 Å². The molecule has 2 aromatic carbocycles. The number of para-hydroxylation sites is 1. The third-order valence-corrected chi connectivity index (χ3v) is 7.07. The van der Waals surface area contributed by atoms with Gasteiger partial charge in [0, 0.05) is 31.9 Å². The molecule has 0 aromatic heterocycles. The maximum Gasteiger partial charge on any atom is 0.115 e. The molecule has 136 valence electrons. The Kier molecular flexibility index (Phi) is 3.75. The van der Waals surface area contributed by atoms with Crippen LogP contribution in [0, 0.1) is 17.8 Å². The first-order valence-electron chi connectivity index (χ1n) is 10.0. The highest BCUT2D eigenvalue weighted by Gasteiger charge is 2.70. The molecule has 2 unspecified atom stereocenters. The van der Waals surface area contributed by atoms with Crippen molar-refractivity contribution in [1.82, 2.24) is 4.90 Å². The van der Waals surface area contributed by atoms with E-state index in [1.165, 1.54) is 24.1 Å². The van der Waals surface area contributed by atoms with Crippen LogP contribution in [-0.2, 0) is 5.54 Å². The summed E-state index contributed by atoms with van der Waals surface area (Å²) in [6.07, 6.45) is 2.70. The SMILES string of the molecule is CC1C[C@@H]2[C@H](C1)C2(c1ccc(O)cc1)N1CCN(c2ccccc2)CC1. The molecule has 3 heteroatoms. The fraction of sp³-hybridized carbons (Fsp3) is 0.478. The fourth-order valence-corrected chi connectivity index (χ4v) is 5.95. The smallest absolute Gasteiger partial charge is 0.115 e. The minimum Gasteiger partial charge on any atom is -0.508 e. The van der Waals surface area contributed by atoms with Gasteiger partial charge in [-0.2, -0.15) is 0 Å². The van der Waals surface area contributed by atoms with Crippen molar-refractivity contribution in [3.63, 3.8) is 0 Å². The molecule has 0 spiro atoms. The van der Waals surface area contributed by atoms with Crippen molar-refractivity contribution in [2.24, 2.45) is 17.8 Å². The molecule has 1 N–H and O–H groups in total. The van der Waals surface area contributed by atoms with E-state index in [2.05, 4.69) is 59.2 Å². The minimum absolute atomic E-state index is 0.225. The quantitative estimate of drug-likeness (QED) is 0.905. The number of hydrogen-bond donors (Lipinski definition) is 1. The molecular formula is C23H28N2O. The van der Waals surface area contributed by atoms with Crippen LogP contribution in [-0.4, -0.2) is 36.2 Å². The van der Waals surface area contributed by atoms with Crippen molar-refractivity contribution in [2.45, 2.75) is 25.3 Å². The molecule has 0 bridgehead atoms. The summed E-state index contributed by atoms with van der Waals surface area (Å²) in [4.78, 5) is 5.28. The highest BCUT2D eigenvalue weighted by Crippen LogP contribution is 2.70. The van der Waals surface area contributed by atoms with E-state index in [0.717, 1.165) is 43.9 Å². The normalized spacial score (nSPS) is 33.9. The van der Waals surface area contributed by atoms with E-state index in [0.29, 0.717) is 5.75 Å². The molecule has 1 heterocycles. The largest absolute Gasteiger partial charge is 0.508 e. The molecule has 4 atom stereocenters. The topological polar surface area (TPSA) is 26.7 Å². The van der Waals surface area contributed by atoms with Gasteiger partial charge in [0.1, 0.15) is 5.75 Å². The average Bonchev–Trinajstić information content (AvgIpc) is 3.10. The summed E-state index contributed by atoms with van der Waals surface area (Å²) in [6.45, 7) is 6.84. The van der Waals surface area contributed by atoms with E-state index in [9.17, 15) is 5.11 Å². The Bertz CT molecular complexity index is 753. The molecule has 2 aliphatic carbocycles. The van der Waals surface area contributed by atoms with E-state index in [4.69, 9.17) is 0 Å². The molecule has 0 amide bonds. The van der Waals surface area contributed by atoms with Gasteiger partial charge < -0.3 is 10.0 Å². The van der Waals surface area contributed by atoms with Gasteiger partial charge in [0.15, 0.2) is 0 Å². The van der Waals surface area contributed by atoms with Gasteiger partial charge in [0.2, 0.25) is 0 Å². The van der Waals surface area contributed by atoms with Gasteiger partial charge in [-0.05, 0) is 60.4 Å². The summed E-state index contributed by atoms with van der Waals surface area (Å²) in [5, 5.41) is 9.74. The van der Waals surface area contributed by atoms with Gasteiger partial charge in [0.25, 0.3) is 0 Å². The zero-order valence-corrected chi connectivity index (χ0v) is 15.5. The number of anilines is 1. The predicted octanol–water partition coefficient (Wildman–Crippen LogP) is 4.09. The molecule has 2 aromatic rings. The lowest BCUT2D eigenvalue weighted by Crippen LogP contribution is -2.52.